The molecule has 0 aliphatic carbocycles. The Morgan fingerprint density at radius 3 is 2.15 bits per heavy atom. The van der Waals surface area contributed by atoms with Gasteiger partial charge < -0.3 is 13.9 Å². The van der Waals surface area contributed by atoms with E-state index in [1.165, 1.54) is 0 Å². The van der Waals surface area contributed by atoms with E-state index in [-0.39, 0.29) is 9.76 Å². The molecule has 0 fully saturated rings. The smallest absolute Gasteiger partial charge is 0.350 e. The number of hydrogen-bond acceptors (Lipinski definition) is 4. The van der Waals surface area contributed by atoms with E-state index in [1.807, 2.05) is 6.92 Å². The Morgan fingerprint density at radius 2 is 1.77 bits per heavy atom. The first kappa shape index (κ1) is 12.6. The molecule has 0 amide bonds. The normalized spacial score (nSPS) is 10.5. The lowest BCUT2D eigenvalue weighted by atomic mass is 10.6. The van der Waals surface area contributed by atoms with Gasteiger partial charge in [-0.2, -0.15) is 0 Å². The van der Waals surface area contributed by atoms with Gasteiger partial charge in [-0.15, -0.1) is 0 Å². The van der Waals surface area contributed by atoms with Crippen molar-refractivity contribution in [2.45, 2.75) is 33.1 Å². The van der Waals surface area contributed by atoms with Gasteiger partial charge in [0, 0.05) is 13.2 Å². The Morgan fingerprint density at radius 1 is 1.23 bits per heavy atom. The third-order valence-corrected chi connectivity index (χ3v) is 1.78. The van der Waals surface area contributed by atoms with E-state index >= 15 is 0 Å². The van der Waals surface area contributed by atoms with Crippen molar-refractivity contribution in [1.82, 2.24) is 0 Å². The molecule has 13 heavy (non-hydrogen) atoms. The number of hydrogen-bond donors (Lipinski definition) is 0. The predicted octanol–water partition coefficient (Wildman–Crippen LogP) is 0.986. The van der Waals surface area contributed by atoms with Crippen molar-refractivity contribution in [2.24, 2.45) is 0 Å². The Labute approximate surface area is 81.5 Å². The van der Waals surface area contributed by atoms with Gasteiger partial charge in [0.25, 0.3) is 6.29 Å². The molecule has 0 saturated carbocycles. The molecule has 0 rings (SSSR count). The average Bonchev–Trinajstić information content (AvgIpc) is 2.14. The van der Waals surface area contributed by atoms with Crippen LogP contribution in [0.1, 0.15) is 20.8 Å². The van der Waals surface area contributed by atoms with Crippen LogP contribution < -0.4 is 0 Å². The summed E-state index contributed by atoms with van der Waals surface area (Å²) in [5.74, 6) is -0.427. The Kier molecular flexibility index (Phi) is 7.97. The number of rotatable bonds is 7. The summed E-state index contributed by atoms with van der Waals surface area (Å²) in [6.45, 7) is 6.44. The lowest BCUT2D eigenvalue weighted by Gasteiger charge is -2.14. The average molecular weight is 204 g/mol. The zero-order valence-corrected chi connectivity index (χ0v) is 9.33. The van der Waals surface area contributed by atoms with Crippen LogP contribution in [0, 0.1) is 0 Å². The first-order chi connectivity index (χ1) is 6.26. The molecule has 0 atom stereocenters. The molecule has 76 valence electrons. The van der Waals surface area contributed by atoms with Gasteiger partial charge >= 0.3 is 15.7 Å². The van der Waals surface area contributed by atoms with Crippen LogP contribution in [0.25, 0.3) is 0 Å². The molecule has 4 nitrogen and oxygen atoms in total. The van der Waals surface area contributed by atoms with Crippen molar-refractivity contribution in [1.29, 1.82) is 0 Å². The number of carbonyl (C=O) groups excluding carboxylic acids is 1. The third kappa shape index (κ3) is 5.79. The molecule has 5 heteroatoms. The molecule has 0 spiro atoms. The molecule has 0 saturated heterocycles. The molecule has 0 unspecified atom stereocenters. The molecular weight excluding hydrogens is 188 g/mol. The minimum Gasteiger partial charge on any atom is -0.513 e. The summed E-state index contributed by atoms with van der Waals surface area (Å²) in [6.07, 6.45) is -0.853. The largest absolute Gasteiger partial charge is 0.513 e. The second kappa shape index (κ2) is 8.22. The van der Waals surface area contributed by atoms with Crippen molar-refractivity contribution in [2.75, 3.05) is 13.2 Å². The summed E-state index contributed by atoms with van der Waals surface area (Å²) in [6, 6.07) is 0.830. The molecule has 0 N–H and O–H groups in total. The second-order valence-corrected chi connectivity index (χ2v) is 3.36. The van der Waals surface area contributed by atoms with Crippen molar-refractivity contribution in [3.63, 3.8) is 0 Å². The Hall–Kier alpha value is -0.393. The first-order valence-corrected chi connectivity index (χ1v) is 5.54. The summed E-state index contributed by atoms with van der Waals surface area (Å²) in [4.78, 5) is 11.2. The fourth-order valence-corrected chi connectivity index (χ4v) is 1.06. The molecule has 0 bridgehead atoms. The van der Waals surface area contributed by atoms with E-state index in [0.29, 0.717) is 13.2 Å². The third-order valence-electron chi connectivity index (χ3n) is 1.15. The molecule has 0 heterocycles. The number of ether oxygens (including phenoxy) is 2. The van der Waals surface area contributed by atoms with Gasteiger partial charge in [-0.25, -0.2) is 4.79 Å². The highest BCUT2D eigenvalue weighted by molar-refractivity contribution is 6.30. The maximum Gasteiger partial charge on any atom is 0.350 e. The molecule has 0 aromatic rings. The van der Waals surface area contributed by atoms with Crippen molar-refractivity contribution >= 4 is 15.7 Å². The highest BCUT2D eigenvalue weighted by Crippen LogP contribution is 1.98. The highest BCUT2D eigenvalue weighted by Gasteiger charge is 2.19. The standard InChI is InChI=1S/C8H16O4Si/c1-4-10-8(11-5-2)7(9)12-13-6-3/h8H,4-6H2,1-3H3. The van der Waals surface area contributed by atoms with Gasteiger partial charge in [0.1, 0.15) is 0 Å². The predicted molar refractivity (Wildman–Crippen MR) is 49.4 cm³/mol. The lowest BCUT2D eigenvalue weighted by molar-refractivity contribution is -0.184. The van der Waals surface area contributed by atoms with Crippen LogP contribution >= 0.6 is 0 Å². The Bertz CT molecular complexity index is 134. The summed E-state index contributed by atoms with van der Waals surface area (Å²) >= 11 is 0. The minimum atomic E-state index is -0.853. The zero-order chi connectivity index (χ0) is 10.1. The quantitative estimate of drug-likeness (QED) is 0.458. The zero-order valence-electron chi connectivity index (χ0n) is 8.33. The molecule has 0 aromatic heterocycles. The van der Waals surface area contributed by atoms with Crippen LogP contribution in [0.5, 0.6) is 0 Å². The van der Waals surface area contributed by atoms with E-state index in [9.17, 15) is 4.79 Å². The maximum absolute atomic E-state index is 11.2. The summed E-state index contributed by atoms with van der Waals surface area (Å²) in [7, 11) is 0.187. The van der Waals surface area contributed by atoms with E-state index < -0.39 is 12.3 Å². The molecule has 0 aliphatic rings. The Balaban J connectivity index is 3.80. The van der Waals surface area contributed by atoms with Gasteiger partial charge in [-0.1, -0.05) is 6.92 Å². The van der Waals surface area contributed by atoms with Crippen LogP contribution in [0.3, 0.4) is 0 Å². The maximum atomic E-state index is 11.2. The van der Waals surface area contributed by atoms with Crippen LogP contribution in [0.4, 0.5) is 0 Å². The van der Waals surface area contributed by atoms with E-state index in [4.69, 9.17) is 13.9 Å². The SMILES string of the molecule is CCOC(OCC)C(=O)O[Si]CC. The lowest BCUT2D eigenvalue weighted by Crippen LogP contribution is -2.30. The van der Waals surface area contributed by atoms with E-state index in [2.05, 4.69) is 0 Å². The van der Waals surface area contributed by atoms with Crippen molar-refractivity contribution < 1.29 is 18.7 Å². The monoisotopic (exact) mass is 204 g/mol. The summed E-state index contributed by atoms with van der Waals surface area (Å²) in [5.41, 5.74) is 0. The summed E-state index contributed by atoms with van der Waals surface area (Å²) < 4.78 is 15.0. The van der Waals surface area contributed by atoms with Crippen molar-refractivity contribution in [3.8, 4) is 0 Å². The topological polar surface area (TPSA) is 44.8 Å². The van der Waals surface area contributed by atoms with Gasteiger partial charge in [-0.3, -0.25) is 0 Å². The molecular formula is C8H16O4Si. The van der Waals surface area contributed by atoms with Crippen LogP contribution in [-0.4, -0.2) is 35.2 Å². The van der Waals surface area contributed by atoms with Crippen LogP contribution in [-0.2, 0) is 18.7 Å². The van der Waals surface area contributed by atoms with Gasteiger partial charge in [0.15, 0.2) is 0 Å². The van der Waals surface area contributed by atoms with E-state index in [1.54, 1.807) is 13.8 Å². The fraction of sp³-hybridized carbons (Fsp3) is 0.875. The van der Waals surface area contributed by atoms with Gasteiger partial charge in [0.05, 0.1) is 0 Å². The van der Waals surface area contributed by atoms with Crippen LogP contribution in [0.2, 0.25) is 6.04 Å². The van der Waals surface area contributed by atoms with Crippen molar-refractivity contribution in [3.05, 3.63) is 0 Å². The first-order valence-electron chi connectivity index (χ1n) is 4.42. The molecule has 0 aromatic carbocycles. The molecule has 2 radical (unpaired) electrons. The van der Waals surface area contributed by atoms with Gasteiger partial charge in [0.2, 0.25) is 0 Å². The fourth-order valence-electron chi connectivity index (χ4n) is 0.678. The summed E-state index contributed by atoms with van der Waals surface area (Å²) in [5, 5.41) is 0. The number of carbonyl (C=O) groups is 1. The highest BCUT2D eigenvalue weighted by atomic mass is 28.2. The van der Waals surface area contributed by atoms with Crippen LogP contribution in [0.15, 0.2) is 0 Å². The second-order valence-electron chi connectivity index (χ2n) is 2.16. The van der Waals surface area contributed by atoms with Gasteiger partial charge in [-0.05, 0) is 19.9 Å². The van der Waals surface area contributed by atoms with E-state index in [0.717, 1.165) is 6.04 Å². The minimum absolute atomic E-state index is 0.187. The molecule has 0 aliphatic heterocycles.